The number of anilines is 1. The second-order valence-corrected chi connectivity index (χ2v) is 4.59. The van der Waals surface area contributed by atoms with Crippen molar-refractivity contribution in [3.05, 3.63) is 35.4 Å². The molecule has 2 aromatic heterocycles. The number of halogens is 1. The molecule has 0 aliphatic rings. The molecule has 0 atom stereocenters. The zero-order chi connectivity index (χ0) is 14.8. The van der Waals surface area contributed by atoms with Crippen molar-refractivity contribution in [1.82, 2.24) is 20.3 Å². The zero-order valence-electron chi connectivity index (χ0n) is 10.9. The van der Waals surface area contributed by atoms with Crippen LogP contribution in [-0.2, 0) is 0 Å². The van der Waals surface area contributed by atoms with Crippen LogP contribution in [0.2, 0.25) is 5.02 Å². The summed E-state index contributed by atoms with van der Waals surface area (Å²) in [6, 6.07) is 8.37. The Balaban J connectivity index is 1.95. The van der Waals surface area contributed by atoms with Crippen LogP contribution in [0.5, 0.6) is 5.88 Å². The molecule has 7 nitrogen and oxygen atoms in total. The van der Waals surface area contributed by atoms with Gasteiger partial charge in [-0.05, 0) is 24.3 Å². The molecule has 0 saturated carbocycles. The van der Waals surface area contributed by atoms with Gasteiger partial charge in [0.15, 0.2) is 0 Å². The van der Waals surface area contributed by atoms with Crippen LogP contribution >= 0.6 is 11.6 Å². The molecule has 8 heteroatoms. The van der Waals surface area contributed by atoms with Crippen molar-refractivity contribution in [2.24, 2.45) is 0 Å². The van der Waals surface area contributed by atoms with Crippen LogP contribution in [0, 0.1) is 0 Å². The molecule has 0 saturated heterocycles. The summed E-state index contributed by atoms with van der Waals surface area (Å²) in [4.78, 5) is 4.25. The van der Waals surface area contributed by atoms with E-state index in [4.69, 9.17) is 26.6 Å². The molecule has 106 valence electrons. The highest BCUT2D eigenvalue weighted by atomic mass is 35.5. The Morgan fingerprint density at radius 1 is 1.19 bits per heavy atom. The van der Waals surface area contributed by atoms with E-state index >= 15 is 0 Å². The normalized spacial score (nSPS) is 10.6. The van der Waals surface area contributed by atoms with Crippen LogP contribution in [0.1, 0.15) is 0 Å². The standard InChI is InChI=1S/C13H10ClN5O2/c1-20-11-3-2-10(17-18-11)12-16-13(21-19-12)7-4-8(14)6-9(15)5-7/h2-6H,15H2,1H3. The molecule has 0 aliphatic heterocycles. The number of rotatable bonds is 3. The molecule has 0 unspecified atom stereocenters. The van der Waals surface area contributed by atoms with E-state index in [1.165, 1.54) is 7.11 Å². The number of nitrogens with two attached hydrogens (primary N) is 1. The monoisotopic (exact) mass is 303 g/mol. The number of benzene rings is 1. The molecule has 0 amide bonds. The van der Waals surface area contributed by atoms with E-state index in [2.05, 4.69) is 20.3 Å². The third kappa shape index (κ3) is 2.77. The van der Waals surface area contributed by atoms with Gasteiger partial charge in [-0.25, -0.2) is 0 Å². The number of nitrogen functional groups attached to an aromatic ring is 1. The van der Waals surface area contributed by atoms with Gasteiger partial charge in [0, 0.05) is 22.3 Å². The van der Waals surface area contributed by atoms with E-state index in [0.717, 1.165) is 0 Å². The van der Waals surface area contributed by atoms with E-state index in [-0.39, 0.29) is 0 Å². The summed E-state index contributed by atoms with van der Waals surface area (Å²) < 4.78 is 10.1. The third-order valence-electron chi connectivity index (χ3n) is 2.67. The van der Waals surface area contributed by atoms with Crippen LogP contribution in [0.4, 0.5) is 5.69 Å². The molecule has 3 aromatic rings. The van der Waals surface area contributed by atoms with E-state index in [0.29, 0.717) is 39.6 Å². The highest BCUT2D eigenvalue weighted by Gasteiger charge is 2.13. The molecule has 1 aromatic carbocycles. The lowest BCUT2D eigenvalue weighted by atomic mass is 10.2. The summed E-state index contributed by atoms with van der Waals surface area (Å²) in [6.45, 7) is 0. The van der Waals surface area contributed by atoms with Gasteiger partial charge in [0.1, 0.15) is 5.69 Å². The van der Waals surface area contributed by atoms with E-state index in [9.17, 15) is 0 Å². The number of nitrogens with zero attached hydrogens (tertiary/aromatic N) is 4. The summed E-state index contributed by atoms with van der Waals surface area (Å²) in [5, 5.41) is 12.2. The Morgan fingerprint density at radius 3 is 2.71 bits per heavy atom. The molecular formula is C13H10ClN5O2. The van der Waals surface area contributed by atoms with Gasteiger partial charge in [0.05, 0.1) is 7.11 Å². The van der Waals surface area contributed by atoms with Gasteiger partial charge in [-0.2, -0.15) is 4.98 Å². The van der Waals surface area contributed by atoms with Gasteiger partial charge in [-0.3, -0.25) is 0 Å². The first-order valence-electron chi connectivity index (χ1n) is 5.94. The maximum Gasteiger partial charge on any atom is 0.258 e. The smallest absolute Gasteiger partial charge is 0.258 e. The SMILES string of the molecule is COc1ccc(-c2noc(-c3cc(N)cc(Cl)c3)n2)nn1. The van der Waals surface area contributed by atoms with Gasteiger partial charge in [-0.15, -0.1) is 10.2 Å². The first-order valence-corrected chi connectivity index (χ1v) is 6.32. The fraction of sp³-hybridized carbons (Fsp3) is 0.0769. The molecule has 0 spiro atoms. The maximum atomic E-state index is 5.95. The fourth-order valence-electron chi connectivity index (χ4n) is 1.73. The Labute approximate surface area is 124 Å². The minimum atomic E-state index is 0.303. The Kier molecular flexibility index (Phi) is 3.41. The van der Waals surface area contributed by atoms with Crippen LogP contribution in [0.15, 0.2) is 34.9 Å². The molecule has 2 N–H and O–H groups in total. The van der Waals surface area contributed by atoms with Gasteiger partial charge in [0.25, 0.3) is 5.89 Å². The third-order valence-corrected chi connectivity index (χ3v) is 2.89. The molecular weight excluding hydrogens is 294 g/mol. The molecule has 21 heavy (non-hydrogen) atoms. The summed E-state index contributed by atoms with van der Waals surface area (Å²) in [7, 11) is 1.51. The number of ether oxygens (including phenoxy) is 1. The van der Waals surface area contributed by atoms with Crippen LogP contribution in [-0.4, -0.2) is 27.4 Å². The average Bonchev–Trinajstić information content (AvgIpc) is 2.96. The minimum Gasteiger partial charge on any atom is -0.480 e. The molecule has 2 heterocycles. The minimum absolute atomic E-state index is 0.303. The summed E-state index contributed by atoms with van der Waals surface area (Å²) in [5.41, 5.74) is 7.36. The molecule has 0 aliphatic carbocycles. The first-order chi connectivity index (χ1) is 10.2. The van der Waals surface area contributed by atoms with Gasteiger partial charge < -0.3 is 15.0 Å². The highest BCUT2D eigenvalue weighted by molar-refractivity contribution is 6.31. The van der Waals surface area contributed by atoms with E-state index in [1.54, 1.807) is 30.3 Å². The first kappa shape index (κ1) is 13.3. The van der Waals surface area contributed by atoms with Gasteiger partial charge in [0.2, 0.25) is 11.7 Å². The van der Waals surface area contributed by atoms with Gasteiger partial charge >= 0.3 is 0 Å². The second-order valence-electron chi connectivity index (χ2n) is 4.16. The quantitative estimate of drug-likeness (QED) is 0.742. The second kappa shape index (κ2) is 5.37. The van der Waals surface area contributed by atoms with E-state index in [1.807, 2.05) is 0 Å². The largest absolute Gasteiger partial charge is 0.480 e. The van der Waals surface area contributed by atoms with Crippen molar-refractivity contribution in [3.8, 4) is 28.9 Å². The Morgan fingerprint density at radius 2 is 2.05 bits per heavy atom. The Bertz CT molecular complexity index is 752. The number of methoxy groups -OCH3 is 1. The van der Waals surface area contributed by atoms with Crippen molar-refractivity contribution in [1.29, 1.82) is 0 Å². The molecule has 3 rings (SSSR count). The molecule has 0 bridgehead atoms. The summed E-state index contributed by atoms with van der Waals surface area (Å²) in [6.07, 6.45) is 0. The van der Waals surface area contributed by atoms with E-state index < -0.39 is 0 Å². The predicted octanol–water partition coefficient (Wildman–Crippen LogP) is 2.44. The lowest BCUT2D eigenvalue weighted by Crippen LogP contribution is -1.93. The van der Waals surface area contributed by atoms with Crippen molar-refractivity contribution < 1.29 is 9.26 Å². The van der Waals surface area contributed by atoms with Crippen LogP contribution in [0.3, 0.4) is 0 Å². The summed E-state index contributed by atoms with van der Waals surface area (Å²) >= 11 is 5.95. The average molecular weight is 304 g/mol. The predicted molar refractivity (Wildman–Crippen MR) is 76.7 cm³/mol. The molecule has 0 radical (unpaired) electrons. The lowest BCUT2D eigenvalue weighted by molar-refractivity contribution is 0.392. The van der Waals surface area contributed by atoms with Crippen molar-refractivity contribution in [2.45, 2.75) is 0 Å². The number of hydrogen-bond donors (Lipinski definition) is 1. The highest BCUT2D eigenvalue weighted by Crippen LogP contribution is 2.26. The van der Waals surface area contributed by atoms with Crippen molar-refractivity contribution >= 4 is 17.3 Å². The lowest BCUT2D eigenvalue weighted by Gasteiger charge is -1.98. The number of hydrogen-bond acceptors (Lipinski definition) is 7. The maximum absolute atomic E-state index is 5.95. The van der Waals surface area contributed by atoms with Crippen molar-refractivity contribution in [2.75, 3.05) is 12.8 Å². The zero-order valence-corrected chi connectivity index (χ0v) is 11.7. The van der Waals surface area contributed by atoms with Gasteiger partial charge in [-0.1, -0.05) is 16.8 Å². The number of aromatic nitrogens is 4. The fourth-order valence-corrected chi connectivity index (χ4v) is 1.97. The Hall–Kier alpha value is -2.67. The van der Waals surface area contributed by atoms with Crippen LogP contribution < -0.4 is 10.5 Å². The topological polar surface area (TPSA) is 100.0 Å². The molecule has 0 fully saturated rings. The summed E-state index contributed by atoms with van der Waals surface area (Å²) in [5.74, 6) is 1.03. The van der Waals surface area contributed by atoms with Crippen molar-refractivity contribution in [3.63, 3.8) is 0 Å². The van der Waals surface area contributed by atoms with Crippen LogP contribution in [0.25, 0.3) is 23.0 Å².